The number of benzene rings is 1. The lowest BCUT2D eigenvalue weighted by molar-refractivity contribution is 0.194. The first-order chi connectivity index (χ1) is 9.22. The van der Waals surface area contributed by atoms with Gasteiger partial charge in [-0.15, -0.1) is 0 Å². The molecule has 0 amide bonds. The van der Waals surface area contributed by atoms with E-state index in [-0.39, 0.29) is 0 Å². The van der Waals surface area contributed by atoms with E-state index in [4.69, 9.17) is 26.6 Å². The molecule has 0 spiro atoms. The fourth-order valence-corrected chi connectivity index (χ4v) is 1.98. The largest absolute Gasteiger partial charge is 0.385 e. The number of aromatic nitrogens is 2. The smallest absolute Gasteiger partial charge is 0.248 e. The van der Waals surface area contributed by atoms with Crippen LogP contribution < -0.4 is 5.73 Å². The first-order valence-electron chi connectivity index (χ1n) is 6.04. The van der Waals surface area contributed by atoms with Gasteiger partial charge in [0, 0.05) is 25.2 Å². The fourth-order valence-electron chi connectivity index (χ4n) is 1.73. The van der Waals surface area contributed by atoms with Gasteiger partial charge in [0.1, 0.15) is 6.04 Å². The third-order valence-corrected chi connectivity index (χ3v) is 3.08. The van der Waals surface area contributed by atoms with Crippen molar-refractivity contribution in [2.45, 2.75) is 18.9 Å². The molecule has 0 aliphatic heterocycles. The van der Waals surface area contributed by atoms with Gasteiger partial charge >= 0.3 is 0 Å². The highest BCUT2D eigenvalue weighted by atomic mass is 35.5. The van der Waals surface area contributed by atoms with Gasteiger partial charge in [0.2, 0.25) is 5.89 Å². The highest BCUT2D eigenvalue weighted by Crippen LogP contribution is 2.25. The molecule has 1 atom stereocenters. The van der Waals surface area contributed by atoms with Crippen molar-refractivity contribution in [1.82, 2.24) is 10.1 Å². The number of nitrogens with two attached hydrogens (primary N) is 1. The second kappa shape index (κ2) is 6.65. The molecule has 2 N–H and O–H groups in total. The zero-order chi connectivity index (χ0) is 13.7. The van der Waals surface area contributed by atoms with Crippen molar-refractivity contribution in [1.29, 1.82) is 0 Å². The van der Waals surface area contributed by atoms with E-state index in [9.17, 15) is 0 Å². The van der Waals surface area contributed by atoms with Crippen molar-refractivity contribution in [3.8, 4) is 0 Å². The highest BCUT2D eigenvalue weighted by molar-refractivity contribution is 6.31. The lowest BCUT2D eigenvalue weighted by Crippen LogP contribution is -2.12. The standard InChI is InChI=1S/C13H16ClN3O2/c1-18-8-4-7-11-16-13(19-17-11)12(15)9-5-2-3-6-10(9)14/h2-3,5-6,12H,4,7-8,15H2,1H3/t12-/m1/s1. The summed E-state index contributed by atoms with van der Waals surface area (Å²) in [5, 5.41) is 4.49. The third kappa shape index (κ3) is 3.53. The molecule has 0 saturated heterocycles. The molecule has 5 nitrogen and oxygen atoms in total. The van der Waals surface area contributed by atoms with Crippen molar-refractivity contribution in [2.75, 3.05) is 13.7 Å². The maximum Gasteiger partial charge on any atom is 0.248 e. The van der Waals surface area contributed by atoms with Gasteiger partial charge in [0.15, 0.2) is 5.82 Å². The molecule has 2 aromatic rings. The average molecular weight is 282 g/mol. The summed E-state index contributed by atoms with van der Waals surface area (Å²) >= 11 is 6.09. The number of hydrogen-bond donors (Lipinski definition) is 1. The van der Waals surface area contributed by atoms with Crippen LogP contribution in [0.3, 0.4) is 0 Å². The molecule has 0 aliphatic carbocycles. The number of aryl methyl sites for hydroxylation is 1. The molecule has 2 rings (SSSR count). The quantitative estimate of drug-likeness (QED) is 0.823. The molecule has 1 aromatic heterocycles. The molecule has 102 valence electrons. The molecule has 6 heteroatoms. The number of hydrogen-bond acceptors (Lipinski definition) is 5. The third-order valence-electron chi connectivity index (χ3n) is 2.74. The SMILES string of the molecule is COCCCc1noc([C@H](N)c2ccccc2Cl)n1. The van der Waals surface area contributed by atoms with E-state index in [1.807, 2.05) is 18.2 Å². The molecule has 19 heavy (non-hydrogen) atoms. The van der Waals surface area contributed by atoms with Crippen molar-refractivity contribution >= 4 is 11.6 Å². The van der Waals surface area contributed by atoms with E-state index in [1.165, 1.54) is 0 Å². The van der Waals surface area contributed by atoms with Crippen molar-refractivity contribution in [3.63, 3.8) is 0 Å². The van der Waals surface area contributed by atoms with E-state index in [0.29, 0.717) is 29.8 Å². The Morgan fingerprint density at radius 3 is 2.95 bits per heavy atom. The van der Waals surface area contributed by atoms with Gasteiger partial charge < -0.3 is 15.0 Å². The Labute approximate surface area is 116 Å². The first-order valence-corrected chi connectivity index (χ1v) is 6.41. The van der Waals surface area contributed by atoms with E-state index in [0.717, 1.165) is 12.0 Å². The van der Waals surface area contributed by atoms with Crippen LogP contribution in [0.5, 0.6) is 0 Å². The average Bonchev–Trinajstić information content (AvgIpc) is 2.88. The molecule has 0 saturated carbocycles. The van der Waals surface area contributed by atoms with Crippen LogP contribution in [0.4, 0.5) is 0 Å². The summed E-state index contributed by atoms with van der Waals surface area (Å²) < 4.78 is 10.2. The maximum absolute atomic E-state index is 6.09. The zero-order valence-corrected chi connectivity index (χ0v) is 11.4. The molecule has 0 aliphatic rings. The molecule has 1 heterocycles. The Morgan fingerprint density at radius 2 is 2.21 bits per heavy atom. The Bertz CT molecular complexity index is 530. The maximum atomic E-state index is 6.09. The van der Waals surface area contributed by atoms with Crippen LogP contribution in [-0.4, -0.2) is 23.9 Å². The van der Waals surface area contributed by atoms with Crippen LogP contribution >= 0.6 is 11.6 Å². The molecule has 0 fully saturated rings. The highest BCUT2D eigenvalue weighted by Gasteiger charge is 2.18. The summed E-state index contributed by atoms with van der Waals surface area (Å²) in [6.07, 6.45) is 1.55. The van der Waals surface area contributed by atoms with Crippen LogP contribution in [0.15, 0.2) is 28.8 Å². The van der Waals surface area contributed by atoms with Crippen molar-refractivity contribution in [2.24, 2.45) is 5.73 Å². The van der Waals surface area contributed by atoms with Crippen LogP contribution in [0.2, 0.25) is 5.02 Å². The number of halogens is 1. The van der Waals surface area contributed by atoms with Crippen LogP contribution in [0.25, 0.3) is 0 Å². The zero-order valence-electron chi connectivity index (χ0n) is 10.7. The minimum absolute atomic E-state index is 0.375. The van der Waals surface area contributed by atoms with Crippen LogP contribution in [0, 0.1) is 0 Å². The second-order valence-electron chi connectivity index (χ2n) is 4.14. The Morgan fingerprint density at radius 1 is 1.42 bits per heavy atom. The molecule has 0 bridgehead atoms. The summed E-state index contributed by atoms with van der Waals surface area (Å²) in [5.41, 5.74) is 6.85. The second-order valence-corrected chi connectivity index (χ2v) is 4.55. The van der Waals surface area contributed by atoms with Gasteiger partial charge in [-0.3, -0.25) is 0 Å². The summed E-state index contributed by atoms with van der Waals surface area (Å²) in [4.78, 5) is 4.28. The minimum atomic E-state index is -0.502. The predicted molar refractivity (Wildman–Crippen MR) is 72.0 cm³/mol. The van der Waals surface area contributed by atoms with E-state index in [1.54, 1.807) is 13.2 Å². The van der Waals surface area contributed by atoms with E-state index in [2.05, 4.69) is 10.1 Å². The first kappa shape index (κ1) is 14.0. The monoisotopic (exact) mass is 281 g/mol. The molecular weight excluding hydrogens is 266 g/mol. The van der Waals surface area contributed by atoms with E-state index >= 15 is 0 Å². The normalized spacial score (nSPS) is 12.6. The molecular formula is C13H16ClN3O2. The summed E-state index contributed by atoms with van der Waals surface area (Å²) in [7, 11) is 1.66. The number of methoxy groups -OCH3 is 1. The topological polar surface area (TPSA) is 74.2 Å². The van der Waals surface area contributed by atoms with Crippen molar-refractivity contribution in [3.05, 3.63) is 46.6 Å². The lowest BCUT2D eigenvalue weighted by Gasteiger charge is -2.08. The molecule has 0 radical (unpaired) electrons. The molecule has 1 aromatic carbocycles. The lowest BCUT2D eigenvalue weighted by atomic mass is 10.1. The fraction of sp³-hybridized carbons (Fsp3) is 0.385. The van der Waals surface area contributed by atoms with Crippen molar-refractivity contribution < 1.29 is 9.26 Å². The summed E-state index contributed by atoms with van der Waals surface area (Å²) in [6.45, 7) is 0.667. The number of nitrogens with zero attached hydrogens (tertiary/aromatic N) is 2. The van der Waals surface area contributed by atoms with Crippen LogP contribution in [0.1, 0.15) is 29.7 Å². The predicted octanol–water partition coefficient (Wildman–Crippen LogP) is 2.35. The Balaban J connectivity index is 2.08. The summed E-state index contributed by atoms with van der Waals surface area (Å²) in [5.74, 6) is 1.01. The Kier molecular flexibility index (Phi) is 4.90. The Hall–Kier alpha value is -1.43. The van der Waals surface area contributed by atoms with Gasteiger partial charge in [-0.05, 0) is 18.1 Å². The van der Waals surface area contributed by atoms with Gasteiger partial charge in [-0.1, -0.05) is 35.0 Å². The van der Waals surface area contributed by atoms with Crippen LogP contribution in [-0.2, 0) is 11.2 Å². The van der Waals surface area contributed by atoms with Gasteiger partial charge in [-0.25, -0.2) is 0 Å². The number of ether oxygens (including phenoxy) is 1. The number of rotatable bonds is 6. The van der Waals surface area contributed by atoms with Gasteiger partial charge in [0.25, 0.3) is 0 Å². The van der Waals surface area contributed by atoms with Gasteiger partial charge in [0.05, 0.1) is 0 Å². The molecule has 0 unspecified atom stereocenters. The van der Waals surface area contributed by atoms with Gasteiger partial charge in [-0.2, -0.15) is 4.98 Å². The van der Waals surface area contributed by atoms with E-state index < -0.39 is 6.04 Å². The minimum Gasteiger partial charge on any atom is -0.385 e. The summed E-state index contributed by atoms with van der Waals surface area (Å²) in [6, 6.07) is 6.85.